The Morgan fingerprint density at radius 1 is 0.741 bits per heavy atom. The van der Waals surface area contributed by atoms with Gasteiger partial charge >= 0.3 is 0 Å². The highest BCUT2D eigenvalue weighted by atomic mass is 16.1. The summed E-state index contributed by atoms with van der Waals surface area (Å²) in [6.07, 6.45) is 19.2. The first-order valence-corrected chi connectivity index (χ1v) is 12.0. The van der Waals surface area contributed by atoms with Gasteiger partial charge in [0.1, 0.15) is 5.78 Å². The van der Waals surface area contributed by atoms with Gasteiger partial charge in [-0.2, -0.15) is 0 Å². The molecule has 0 aliphatic carbocycles. The van der Waals surface area contributed by atoms with Crippen LogP contribution in [0.4, 0.5) is 0 Å². The zero-order valence-electron chi connectivity index (χ0n) is 19.6. The molecule has 0 aromatic heterocycles. The van der Waals surface area contributed by atoms with Crippen molar-refractivity contribution in [2.45, 2.75) is 131 Å². The number of ketones is 1. The summed E-state index contributed by atoms with van der Waals surface area (Å²) >= 11 is 0. The van der Waals surface area contributed by atoms with E-state index >= 15 is 0 Å². The van der Waals surface area contributed by atoms with Crippen molar-refractivity contribution >= 4 is 5.78 Å². The van der Waals surface area contributed by atoms with Gasteiger partial charge in [-0.3, -0.25) is 4.79 Å². The maximum absolute atomic E-state index is 11.7. The average molecular weight is 379 g/mol. The lowest BCUT2D eigenvalue weighted by Crippen LogP contribution is -2.00. The third-order valence-electron chi connectivity index (χ3n) is 5.87. The van der Waals surface area contributed by atoms with Gasteiger partial charge in [0.05, 0.1) is 0 Å². The number of carbonyl (C=O) groups excluding carboxylic acids is 1. The molecule has 0 radical (unpaired) electrons. The molecule has 0 saturated carbocycles. The lowest BCUT2D eigenvalue weighted by atomic mass is 9.91. The summed E-state index contributed by atoms with van der Waals surface area (Å²) < 4.78 is 0. The number of hydrogen-bond acceptors (Lipinski definition) is 1. The number of rotatable bonds is 18. The van der Waals surface area contributed by atoms with Crippen molar-refractivity contribution in [1.29, 1.82) is 0 Å². The van der Waals surface area contributed by atoms with Crippen LogP contribution in [0.3, 0.4) is 0 Å². The van der Waals surface area contributed by atoms with Crippen LogP contribution in [0.1, 0.15) is 131 Å². The predicted molar refractivity (Wildman–Crippen MR) is 122 cm³/mol. The molecule has 0 N–H and O–H groups in total. The van der Waals surface area contributed by atoms with Crippen LogP contribution < -0.4 is 0 Å². The van der Waals surface area contributed by atoms with Crippen LogP contribution in [0.25, 0.3) is 0 Å². The zero-order valence-corrected chi connectivity index (χ0v) is 19.6. The van der Waals surface area contributed by atoms with E-state index in [1.807, 2.05) is 0 Å². The van der Waals surface area contributed by atoms with E-state index in [9.17, 15) is 4.79 Å². The monoisotopic (exact) mass is 378 g/mol. The maximum atomic E-state index is 11.7. The first kappa shape index (κ1) is 26.4. The Hall–Kier alpha value is -0.590. The summed E-state index contributed by atoms with van der Waals surface area (Å²) in [5.74, 6) is 3.06. The van der Waals surface area contributed by atoms with Crippen molar-refractivity contribution in [2.24, 2.45) is 17.8 Å². The molecular formula is C26H50O. The summed E-state index contributed by atoms with van der Waals surface area (Å²) in [5, 5.41) is 0. The van der Waals surface area contributed by atoms with Crippen LogP contribution in [-0.4, -0.2) is 5.78 Å². The third kappa shape index (κ3) is 18.5. The lowest BCUT2D eigenvalue weighted by molar-refractivity contribution is -0.119. The third-order valence-corrected chi connectivity index (χ3v) is 5.87. The Labute approximate surface area is 171 Å². The number of carbonyl (C=O) groups is 1. The molecule has 0 heterocycles. The van der Waals surface area contributed by atoms with Crippen LogP contribution in [0, 0.1) is 17.8 Å². The summed E-state index contributed by atoms with van der Waals surface area (Å²) in [6.45, 7) is 13.9. The van der Waals surface area contributed by atoms with Gasteiger partial charge in [-0.15, -0.1) is 0 Å². The van der Waals surface area contributed by atoms with Crippen LogP contribution in [0.15, 0.2) is 11.6 Å². The smallest absolute Gasteiger partial charge is 0.133 e. The molecule has 1 heteroatoms. The molecule has 0 rings (SSSR count). The lowest BCUT2D eigenvalue weighted by Gasteiger charge is -2.15. The van der Waals surface area contributed by atoms with E-state index in [0.29, 0.717) is 5.78 Å². The van der Waals surface area contributed by atoms with E-state index in [1.54, 1.807) is 0 Å². The van der Waals surface area contributed by atoms with Crippen molar-refractivity contribution in [3.8, 4) is 0 Å². The minimum absolute atomic E-state index is 0.438. The highest BCUT2D eigenvalue weighted by Crippen LogP contribution is 2.22. The summed E-state index contributed by atoms with van der Waals surface area (Å²) in [6, 6.07) is 0. The van der Waals surface area contributed by atoms with Crippen molar-refractivity contribution in [2.75, 3.05) is 0 Å². The van der Waals surface area contributed by atoms with Gasteiger partial charge in [-0.25, -0.2) is 0 Å². The minimum Gasteiger partial charge on any atom is -0.300 e. The average Bonchev–Trinajstić information content (AvgIpc) is 2.59. The molecule has 0 aromatic rings. The largest absolute Gasteiger partial charge is 0.300 e. The van der Waals surface area contributed by atoms with E-state index in [-0.39, 0.29) is 0 Å². The van der Waals surface area contributed by atoms with Crippen LogP contribution in [-0.2, 0) is 4.79 Å². The van der Waals surface area contributed by atoms with Crippen LogP contribution in [0.5, 0.6) is 0 Å². The Morgan fingerprint density at radius 2 is 1.30 bits per heavy atom. The number of unbranched alkanes of at least 4 members (excludes halogenated alkanes) is 1. The van der Waals surface area contributed by atoms with Crippen molar-refractivity contribution in [3.63, 3.8) is 0 Å². The molecular weight excluding hydrogens is 328 g/mol. The molecule has 0 saturated heterocycles. The molecule has 0 amide bonds. The van der Waals surface area contributed by atoms with Gasteiger partial charge in [0.15, 0.2) is 0 Å². The van der Waals surface area contributed by atoms with E-state index in [4.69, 9.17) is 0 Å². The normalized spacial score (nSPS) is 14.6. The van der Waals surface area contributed by atoms with Gasteiger partial charge in [0, 0.05) is 12.8 Å². The van der Waals surface area contributed by atoms with Gasteiger partial charge in [0.2, 0.25) is 0 Å². The molecule has 0 aliphatic heterocycles. The van der Waals surface area contributed by atoms with Gasteiger partial charge in [-0.1, -0.05) is 97.6 Å². The molecule has 0 spiro atoms. The summed E-state index contributed by atoms with van der Waals surface area (Å²) in [7, 11) is 0. The SMILES string of the molecule is CCCCC(=O)CCC=C(C)CCCC(C)CCCC(C)CCCC(C)C. The molecule has 0 aliphatic rings. The van der Waals surface area contributed by atoms with E-state index < -0.39 is 0 Å². The number of allylic oxidation sites excluding steroid dienone is 2. The molecule has 0 aromatic carbocycles. The molecule has 0 fully saturated rings. The van der Waals surface area contributed by atoms with E-state index in [1.165, 1.54) is 63.4 Å². The van der Waals surface area contributed by atoms with Crippen molar-refractivity contribution < 1.29 is 4.79 Å². The van der Waals surface area contributed by atoms with E-state index in [2.05, 4.69) is 47.6 Å². The topological polar surface area (TPSA) is 17.1 Å². The number of Topliss-reactive ketones (excluding diaryl/α,β-unsaturated/α-hetero) is 1. The quantitative estimate of drug-likeness (QED) is 0.217. The fourth-order valence-corrected chi connectivity index (χ4v) is 3.79. The Balaban J connectivity index is 3.67. The maximum Gasteiger partial charge on any atom is 0.133 e. The zero-order chi connectivity index (χ0) is 20.5. The minimum atomic E-state index is 0.438. The highest BCUT2D eigenvalue weighted by Gasteiger charge is 2.07. The second kappa shape index (κ2) is 17.5. The standard InChI is InChI=1S/C26H50O/c1-7-8-20-26(27)21-12-19-25(6)18-11-17-24(5)16-10-15-23(4)14-9-13-22(2)3/h19,22-24H,7-18,20-21H2,1-6H3. The van der Waals surface area contributed by atoms with Gasteiger partial charge in [0.25, 0.3) is 0 Å². The molecule has 160 valence electrons. The summed E-state index contributed by atoms with van der Waals surface area (Å²) in [5.41, 5.74) is 1.48. The molecule has 1 nitrogen and oxygen atoms in total. The van der Waals surface area contributed by atoms with Crippen molar-refractivity contribution in [3.05, 3.63) is 11.6 Å². The highest BCUT2D eigenvalue weighted by molar-refractivity contribution is 5.78. The Morgan fingerprint density at radius 3 is 1.85 bits per heavy atom. The molecule has 0 bridgehead atoms. The first-order valence-electron chi connectivity index (χ1n) is 12.0. The van der Waals surface area contributed by atoms with Gasteiger partial charge in [-0.05, 0) is 50.4 Å². The second-order valence-corrected chi connectivity index (χ2v) is 9.59. The predicted octanol–water partition coefficient (Wildman–Crippen LogP) is 8.91. The van der Waals surface area contributed by atoms with E-state index in [0.717, 1.165) is 49.9 Å². The summed E-state index contributed by atoms with van der Waals surface area (Å²) in [4.78, 5) is 11.7. The Bertz CT molecular complexity index is 380. The second-order valence-electron chi connectivity index (χ2n) is 9.59. The fraction of sp³-hybridized carbons (Fsp3) is 0.885. The Kier molecular flexibility index (Phi) is 17.1. The fourth-order valence-electron chi connectivity index (χ4n) is 3.79. The van der Waals surface area contributed by atoms with Crippen molar-refractivity contribution in [1.82, 2.24) is 0 Å². The van der Waals surface area contributed by atoms with Crippen LogP contribution in [0.2, 0.25) is 0 Å². The van der Waals surface area contributed by atoms with Gasteiger partial charge < -0.3 is 0 Å². The van der Waals surface area contributed by atoms with Crippen LogP contribution >= 0.6 is 0 Å². The molecule has 27 heavy (non-hydrogen) atoms. The molecule has 2 unspecified atom stereocenters. The first-order chi connectivity index (χ1) is 12.8. The molecule has 2 atom stereocenters. The number of hydrogen-bond donors (Lipinski definition) is 0.